The Hall–Kier alpha value is -3.06. The van der Waals surface area contributed by atoms with E-state index in [1.807, 2.05) is 36.4 Å². The first-order chi connectivity index (χ1) is 11.6. The van der Waals surface area contributed by atoms with Crippen LogP contribution in [0.1, 0.15) is 6.92 Å². The molecule has 0 unspecified atom stereocenters. The molecule has 0 aliphatic heterocycles. The Bertz CT molecular complexity index is 1070. The Labute approximate surface area is 141 Å². The van der Waals surface area contributed by atoms with Gasteiger partial charge in [0.15, 0.2) is 11.3 Å². The largest absolute Gasteiger partial charge is 0.311 e. The number of benzene rings is 1. The van der Waals surface area contributed by atoms with E-state index in [0.717, 1.165) is 16.5 Å². The number of fused-ring (bicyclic) bond motifs is 3. The molecule has 3 heterocycles. The highest BCUT2D eigenvalue weighted by molar-refractivity contribution is 6.30. The molecule has 24 heavy (non-hydrogen) atoms. The van der Waals surface area contributed by atoms with Crippen molar-refractivity contribution in [2.45, 2.75) is 6.92 Å². The van der Waals surface area contributed by atoms with E-state index in [1.54, 1.807) is 10.6 Å². The first-order valence-corrected chi connectivity index (χ1v) is 7.55. The number of anilines is 1. The monoisotopic (exact) mass is 338 g/mol. The highest BCUT2D eigenvalue weighted by Gasteiger charge is 2.13. The lowest BCUT2D eigenvalue weighted by atomic mass is 10.1. The van der Waals surface area contributed by atoms with Crippen LogP contribution in [0.2, 0.25) is 5.02 Å². The predicted octanol–water partition coefficient (Wildman–Crippen LogP) is 2.95. The van der Waals surface area contributed by atoms with Crippen LogP contribution in [0.4, 0.5) is 5.82 Å². The van der Waals surface area contributed by atoms with Crippen molar-refractivity contribution in [2.75, 3.05) is 5.32 Å². The van der Waals surface area contributed by atoms with Gasteiger partial charge in [-0.3, -0.25) is 4.79 Å². The molecule has 7 nitrogen and oxygen atoms in total. The van der Waals surface area contributed by atoms with Crippen LogP contribution in [0.25, 0.3) is 27.8 Å². The van der Waals surface area contributed by atoms with Gasteiger partial charge in [0.1, 0.15) is 5.82 Å². The van der Waals surface area contributed by atoms with Crippen LogP contribution in [0.3, 0.4) is 0 Å². The lowest BCUT2D eigenvalue weighted by Crippen LogP contribution is -2.08. The number of carbonyl (C=O) groups is 1. The van der Waals surface area contributed by atoms with E-state index in [4.69, 9.17) is 11.6 Å². The van der Waals surface area contributed by atoms with Gasteiger partial charge in [-0.25, -0.2) is 4.98 Å². The Morgan fingerprint density at radius 3 is 2.67 bits per heavy atom. The molecule has 4 rings (SSSR count). The topological polar surface area (TPSA) is 85.1 Å². The number of aromatic nitrogens is 5. The van der Waals surface area contributed by atoms with Crippen LogP contribution in [0.5, 0.6) is 0 Å². The minimum atomic E-state index is -0.187. The fourth-order valence-electron chi connectivity index (χ4n) is 2.55. The van der Waals surface area contributed by atoms with Crippen LogP contribution < -0.4 is 5.32 Å². The van der Waals surface area contributed by atoms with E-state index < -0.39 is 0 Å². The smallest absolute Gasteiger partial charge is 0.222 e. The Morgan fingerprint density at radius 1 is 1.12 bits per heavy atom. The van der Waals surface area contributed by atoms with Gasteiger partial charge in [0.2, 0.25) is 5.91 Å². The maximum Gasteiger partial charge on any atom is 0.222 e. The minimum absolute atomic E-state index is 0.187. The number of hydrogen-bond donors (Lipinski definition) is 1. The van der Waals surface area contributed by atoms with Crippen molar-refractivity contribution in [1.82, 2.24) is 25.0 Å². The average molecular weight is 339 g/mol. The maximum absolute atomic E-state index is 11.2. The summed E-state index contributed by atoms with van der Waals surface area (Å²) < 4.78 is 1.56. The van der Waals surface area contributed by atoms with Gasteiger partial charge in [0, 0.05) is 22.9 Å². The van der Waals surface area contributed by atoms with Gasteiger partial charge in [-0.2, -0.15) is 4.52 Å². The summed E-state index contributed by atoms with van der Waals surface area (Å²) in [5.74, 6) is 0.263. The summed E-state index contributed by atoms with van der Waals surface area (Å²) in [6, 6.07) is 13.0. The zero-order chi connectivity index (χ0) is 16.7. The molecule has 0 aliphatic rings. The van der Waals surface area contributed by atoms with Crippen LogP contribution in [0, 0.1) is 0 Å². The number of pyridine rings is 2. The third kappa shape index (κ3) is 2.44. The summed E-state index contributed by atoms with van der Waals surface area (Å²) in [5, 5.41) is 16.1. The normalized spacial score (nSPS) is 11.1. The molecular weight excluding hydrogens is 328 g/mol. The molecule has 0 saturated heterocycles. The van der Waals surface area contributed by atoms with Crippen LogP contribution in [-0.4, -0.2) is 30.9 Å². The van der Waals surface area contributed by atoms with Crippen molar-refractivity contribution in [1.29, 1.82) is 0 Å². The van der Waals surface area contributed by atoms with Crippen molar-refractivity contribution in [2.24, 2.45) is 0 Å². The Kier molecular flexibility index (Phi) is 3.35. The molecule has 0 aliphatic carbocycles. The van der Waals surface area contributed by atoms with Crippen LogP contribution in [-0.2, 0) is 4.79 Å². The SMILES string of the molecule is CC(=O)Nc1ccc2cc(-c3ccc(Cl)cc3)c3nnnn3c2n1. The molecule has 1 aromatic carbocycles. The van der Waals surface area contributed by atoms with Crippen molar-refractivity contribution in [3.8, 4) is 11.1 Å². The summed E-state index contributed by atoms with van der Waals surface area (Å²) in [7, 11) is 0. The molecule has 3 aromatic heterocycles. The number of tetrazole rings is 1. The van der Waals surface area contributed by atoms with Crippen molar-refractivity contribution in [3.05, 3.63) is 47.5 Å². The van der Waals surface area contributed by atoms with E-state index in [0.29, 0.717) is 22.1 Å². The second kappa shape index (κ2) is 5.54. The highest BCUT2D eigenvalue weighted by atomic mass is 35.5. The fraction of sp³-hybridized carbons (Fsp3) is 0.0625. The van der Waals surface area contributed by atoms with Gasteiger partial charge in [-0.05, 0) is 46.3 Å². The van der Waals surface area contributed by atoms with Gasteiger partial charge >= 0.3 is 0 Å². The molecule has 1 amide bonds. The zero-order valence-corrected chi connectivity index (χ0v) is 13.3. The zero-order valence-electron chi connectivity index (χ0n) is 12.6. The van der Waals surface area contributed by atoms with Crippen LogP contribution in [0.15, 0.2) is 42.5 Å². The molecule has 1 N–H and O–H groups in total. The van der Waals surface area contributed by atoms with Gasteiger partial charge in [0.25, 0.3) is 0 Å². The van der Waals surface area contributed by atoms with E-state index in [2.05, 4.69) is 25.8 Å². The van der Waals surface area contributed by atoms with E-state index in [9.17, 15) is 4.79 Å². The van der Waals surface area contributed by atoms with E-state index in [-0.39, 0.29) is 5.91 Å². The number of hydrogen-bond acceptors (Lipinski definition) is 5. The van der Waals surface area contributed by atoms with Gasteiger partial charge in [-0.1, -0.05) is 23.7 Å². The second-order valence-electron chi connectivity index (χ2n) is 5.27. The molecule has 118 valence electrons. The van der Waals surface area contributed by atoms with Gasteiger partial charge in [-0.15, -0.1) is 5.10 Å². The van der Waals surface area contributed by atoms with Crippen molar-refractivity contribution < 1.29 is 4.79 Å². The first-order valence-electron chi connectivity index (χ1n) is 7.17. The summed E-state index contributed by atoms with van der Waals surface area (Å²) in [5.41, 5.74) is 2.97. The minimum Gasteiger partial charge on any atom is -0.311 e. The third-order valence-corrected chi connectivity index (χ3v) is 3.83. The average Bonchev–Trinajstić information content (AvgIpc) is 3.04. The van der Waals surface area contributed by atoms with Crippen molar-refractivity contribution >= 4 is 40.0 Å². The van der Waals surface area contributed by atoms with Crippen LogP contribution >= 0.6 is 11.6 Å². The number of nitrogens with one attached hydrogen (secondary N) is 1. The Balaban J connectivity index is 1.97. The molecule has 0 atom stereocenters. The van der Waals surface area contributed by atoms with E-state index in [1.165, 1.54) is 6.92 Å². The molecule has 0 saturated carbocycles. The predicted molar refractivity (Wildman–Crippen MR) is 90.8 cm³/mol. The molecule has 0 spiro atoms. The van der Waals surface area contributed by atoms with Gasteiger partial charge < -0.3 is 5.32 Å². The number of nitrogens with zero attached hydrogens (tertiary/aromatic N) is 5. The molecular formula is C16H11ClN6O. The molecule has 4 aromatic rings. The summed E-state index contributed by atoms with van der Waals surface area (Å²) in [6.45, 7) is 1.43. The number of halogens is 1. The molecule has 0 fully saturated rings. The second-order valence-corrected chi connectivity index (χ2v) is 5.71. The number of rotatable bonds is 2. The third-order valence-electron chi connectivity index (χ3n) is 3.58. The van der Waals surface area contributed by atoms with E-state index >= 15 is 0 Å². The molecule has 0 radical (unpaired) electrons. The lowest BCUT2D eigenvalue weighted by Gasteiger charge is -2.08. The summed E-state index contributed by atoms with van der Waals surface area (Å²) in [6.07, 6.45) is 0. The number of amides is 1. The molecule has 0 bridgehead atoms. The fourth-order valence-corrected chi connectivity index (χ4v) is 2.68. The summed E-state index contributed by atoms with van der Waals surface area (Å²) in [4.78, 5) is 15.7. The summed E-state index contributed by atoms with van der Waals surface area (Å²) >= 11 is 5.96. The molecule has 8 heteroatoms. The lowest BCUT2D eigenvalue weighted by molar-refractivity contribution is -0.114. The first kappa shape index (κ1) is 14.5. The maximum atomic E-state index is 11.2. The number of carbonyl (C=O) groups excluding carboxylic acids is 1. The highest BCUT2D eigenvalue weighted by Crippen LogP contribution is 2.28. The Morgan fingerprint density at radius 2 is 1.92 bits per heavy atom. The van der Waals surface area contributed by atoms with Crippen molar-refractivity contribution in [3.63, 3.8) is 0 Å². The van der Waals surface area contributed by atoms with Gasteiger partial charge in [0.05, 0.1) is 0 Å². The quantitative estimate of drug-likeness (QED) is 0.607. The standard InChI is InChI=1S/C16H11ClN6O/c1-9(24)18-14-7-4-11-8-13(10-2-5-12(17)6-3-10)16-20-21-22-23(16)15(11)19-14/h2-8H,1H3,(H,18,19,24).